The molecule has 22 heavy (non-hydrogen) atoms. The number of aryl methyl sites for hydroxylation is 1. The molecule has 1 aliphatic heterocycles. The first kappa shape index (κ1) is 15.2. The van der Waals surface area contributed by atoms with Gasteiger partial charge in [-0.25, -0.2) is 4.98 Å². The van der Waals surface area contributed by atoms with Gasteiger partial charge >= 0.3 is 0 Å². The fourth-order valence-corrected chi connectivity index (χ4v) is 3.96. The molecule has 1 fully saturated rings. The molecule has 2 aromatic rings. The van der Waals surface area contributed by atoms with Crippen LogP contribution < -0.4 is 0 Å². The van der Waals surface area contributed by atoms with E-state index in [1.807, 2.05) is 24.0 Å². The van der Waals surface area contributed by atoms with Gasteiger partial charge in [0.1, 0.15) is 4.88 Å². The maximum Gasteiger partial charge on any atom is 0.266 e. The van der Waals surface area contributed by atoms with E-state index in [0.29, 0.717) is 5.92 Å². The van der Waals surface area contributed by atoms with Gasteiger partial charge in [-0.2, -0.15) is 0 Å². The minimum atomic E-state index is 0.126. The van der Waals surface area contributed by atoms with E-state index in [9.17, 15) is 4.79 Å². The highest BCUT2D eigenvalue weighted by molar-refractivity contribution is 7.13. The van der Waals surface area contributed by atoms with E-state index in [0.717, 1.165) is 35.0 Å². The molecule has 1 aliphatic rings. The molecule has 0 saturated carbocycles. The van der Waals surface area contributed by atoms with Gasteiger partial charge in [0, 0.05) is 24.9 Å². The van der Waals surface area contributed by atoms with Crippen LogP contribution in [0.1, 0.15) is 64.6 Å². The van der Waals surface area contributed by atoms with Gasteiger partial charge in [-0.05, 0) is 37.5 Å². The third-order valence-electron chi connectivity index (χ3n) is 4.11. The first-order chi connectivity index (χ1) is 10.6. The second-order valence-electron chi connectivity index (χ2n) is 6.06. The summed E-state index contributed by atoms with van der Waals surface area (Å²) in [6, 6.07) is 4.18. The SMILES string of the molecule is Cc1nc(C(C)C)sc1C(=O)N1CCC[C@H]1c1ccncc1. The second-order valence-corrected chi connectivity index (χ2v) is 7.09. The Kier molecular flexibility index (Phi) is 4.25. The quantitative estimate of drug-likeness (QED) is 0.861. The Balaban J connectivity index is 1.88. The highest BCUT2D eigenvalue weighted by Gasteiger charge is 2.32. The summed E-state index contributed by atoms with van der Waals surface area (Å²) in [5.74, 6) is 0.487. The average molecular weight is 315 g/mol. The standard InChI is InChI=1S/C17H21N3OS/c1-11(2)16-19-12(3)15(22-16)17(21)20-10-4-5-14(20)13-6-8-18-9-7-13/h6-9,11,14H,4-5,10H2,1-3H3/t14-/m0/s1. The number of likely N-dealkylation sites (tertiary alicyclic amines) is 1. The van der Waals surface area contributed by atoms with Crippen molar-refractivity contribution in [3.05, 3.63) is 45.7 Å². The Bertz CT molecular complexity index is 666. The lowest BCUT2D eigenvalue weighted by Gasteiger charge is -2.24. The van der Waals surface area contributed by atoms with Crippen LogP contribution in [0.5, 0.6) is 0 Å². The zero-order valence-electron chi connectivity index (χ0n) is 13.2. The summed E-state index contributed by atoms with van der Waals surface area (Å²) in [6.45, 7) is 6.98. The van der Waals surface area contributed by atoms with Gasteiger partial charge in [0.25, 0.3) is 5.91 Å². The number of nitrogens with zero attached hydrogens (tertiary/aromatic N) is 3. The number of hydrogen-bond acceptors (Lipinski definition) is 4. The molecule has 5 heteroatoms. The molecule has 0 unspecified atom stereocenters. The largest absolute Gasteiger partial charge is 0.331 e. The fourth-order valence-electron chi connectivity index (χ4n) is 2.94. The van der Waals surface area contributed by atoms with Crippen LogP contribution in [0, 0.1) is 6.92 Å². The maximum atomic E-state index is 13.0. The van der Waals surface area contributed by atoms with Gasteiger partial charge in [-0.3, -0.25) is 9.78 Å². The van der Waals surface area contributed by atoms with Crippen molar-refractivity contribution in [1.82, 2.24) is 14.9 Å². The van der Waals surface area contributed by atoms with Crippen molar-refractivity contribution in [2.24, 2.45) is 0 Å². The Morgan fingerprint density at radius 3 is 2.73 bits per heavy atom. The second kappa shape index (κ2) is 6.16. The zero-order valence-corrected chi connectivity index (χ0v) is 14.1. The molecule has 1 saturated heterocycles. The van der Waals surface area contributed by atoms with E-state index in [2.05, 4.69) is 23.8 Å². The molecule has 0 spiro atoms. The number of thiazole rings is 1. The normalized spacial score (nSPS) is 18.2. The molecule has 116 valence electrons. The van der Waals surface area contributed by atoms with Crippen molar-refractivity contribution in [2.45, 2.75) is 45.6 Å². The third kappa shape index (κ3) is 2.77. The van der Waals surface area contributed by atoms with Crippen LogP contribution >= 0.6 is 11.3 Å². The van der Waals surface area contributed by atoms with Crippen molar-refractivity contribution in [3.8, 4) is 0 Å². The summed E-state index contributed by atoms with van der Waals surface area (Å²) in [6.07, 6.45) is 5.66. The number of carbonyl (C=O) groups is 1. The summed E-state index contributed by atoms with van der Waals surface area (Å²) in [7, 11) is 0. The van der Waals surface area contributed by atoms with E-state index in [4.69, 9.17) is 0 Å². The number of rotatable bonds is 3. The van der Waals surface area contributed by atoms with Crippen LogP contribution in [0.3, 0.4) is 0 Å². The third-order valence-corrected chi connectivity index (χ3v) is 5.55. The predicted octanol–water partition coefficient (Wildman–Crippen LogP) is 3.95. The Morgan fingerprint density at radius 2 is 2.09 bits per heavy atom. The Morgan fingerprint density at radius 1 is 1.36 bits per heavy atom. The molecule has 4 nitrogen and oxygen atoms in total. The van der Waals surface area contributed by atoms with Gasteiger partial charge in [-0.15, -0.1) is 11.3 Å². The number of pyridine rings is 1. The highest BCUT2D eigenvalue weighted by atomic mass is 32.1. The summed E-state index contributed by atoms with van der Waals surface area (Å²) < 4.78 is 0. The molecule has 0 aromatic carbocycles. The van der Waals surface area contributed by atoms with E-state index < -0.39 is 0 Å². The Hall–Kier alpha value is -1.75. The van der Waals surface area contributed by atoms with Crippen molar-refractivity contribution in [2.75, 3.05) is 6.54 Å². The molecule has 0 N–H and O–H groups in total. The monoisotopic (exact) mass is 315 g/mol. The first-order valence-electron chi connectivity index (χ1n) is 7.76. The van der Waals surface area contributed by atoms with Gasteiger partial charge in [0.05, 0.1) is 16.7 Å². The predicted molar refractivity (Wildman–Crippen MR) is 88.2 cm³/mol. The summed E-state index contributed by atoms with van der Waals surface area (Å²) in [5, 5.41) is 1.04. The molecule has 3 heterocycles. The molecular weight excluding hydrogens is 294 g/mol. The lowest BCUT2D eigenvalue weighted by Crippen LogP contribution is -2.30. The van der Waals surface area contributed by atoms with E-state index in [1.54, 1.807) is 23.7 Å². The molecular formula is C17H21N3OS. The van der Waals surface area contributed by atoms with Crippen LogP contribution in [0.15, 0.2) is 24.5 Å². The van der Waals surface area contributed by atoms with Crippen molar-refractivity contribution < 1.29 is 4.79 Å². The van der Waals surface area contributed by atoms with Gasteiger partial charge < -0.3 is 4.90 Å². The van der Waals surface area contributed by atoms with Crippen LogP contribution in [0.25, 0.3) is 0 Å². The van der Waals surface area contributed by atoms with Crippen LogP contribution in [-0.4, -0.2) is 27.3 Å². The summed E-state index contributed by atoms with van der Waals surface area (Å²) in [5.41, 5.74) is 2.03. The number of amides is 1. The summed E-state index contributed by atoms with van der Waals surface area (Å²) >= 11 is 1.55. The molecule has 0 bridgehead atoms. The molecule has 0 aliphatic carbocycles. The topological polar surface area (TPSA) is 46.1 Å². The zero-order chi connectivity index (χ0) is 15.7. The maximum absolute atomic E-state index is 13.0. The van der Waals surface area contributed by atoms with Crippen molar-refractivity contribution >= 4 is 17.2 Å². The first-order valence-corrected chi connectivity index (χ1v) is 8.57. The van der Waals surface area contributed by atoms with Gasteiger partial charge in [-0.1, -0.05) is 13.8 Å². The van der Waals surface area contributed by atoms with Crippen molar-refractivity contribution in [1.29, 1.82) is 0 Å². The van der Waals surface area contributed by atoms with E-state index >= 15 is 0 Å². The van der Waals surface area contributed by atoms with E-state index in [-0.39, 0.29) is 11.9 Å². The Labute approximate surface area is 135 Å². The smallest absolute Gasteiger partial charge is 0.266 e. The fraction of sp³-hybridized carbons (Fsp3) is 0.471. The van der Waals surface area contributed by atoms with Gasteiger partial charge in [0.2, 0.25) is 0 Å². The lowest BCUT2D eigenvalue weighted by atomic mass is 10.1. The van der Waals surface area contributed by atoms with Crippen LogP contribution in [0.2, 0.25) is 0 Å². The van der Waals surface area contributed by atoms with Gasteiger partial charge in [0.15, 0.2) is 0 Å². The molecule has 2 aromatic heterocycles. The van der Waals surface area contributed by atoms with Crippen LogP contribution in [0.4, 0.5) is 0 Å². The summed E-state index contributed by atoms with van der Waals surface area (Å²) in [4.78, 5) is 24.4. The number of hydrogen-bond donors (Lipinski definition) is 0. The van der Waals surface area contributed by atoms with E-state index in [1.165, 1.54) is 5.56 Å². The molecule has 1 atom stereocenters. The number of aromatic nitrogens is 2. The average Bonchev–Trinajstić information content (AvgIpc) is 3.14. The minimum Gasteiger partial charge on any atom is -0.331 e. The lowest BCUT2D eigenvalue weighted by molar-refractivity contribution is 0.0739. The molecule has 0 radical (unpaired) electrons. The molecule has 1 amide bonds. The van der Waals surface area contributed by atoms with Crippen LogP contribution in [-0.2, 0) is 0 Å². The number of carbonyl (C=O) groups excluding carboxylic acids is 1. The highest BCUT2D eigenvalue weighted by Crippen LogP contribution is 2.35. The van der Waals surface area contributed by atoms with Crippen molar-refractivity contribution in [3.63, 3.8) is 0 Å². The minimum absolute atomic E-state index is 0.126. The molecule has 3 rings (SSSR count).